The fraction of sp³-hybridized carbons (Fsp3) is 0.316. The van der Waals surface area contributed by atoms with Crippen molar-refractivity contribution in [1.29, 1.82) is 0 Å². The van der Waals surface area contributed by atoms with Gasteiger partial charge in [0.25, 0.3) is 5.91 Å². The molecule has 0 aliphatic carbocycles. The smallest absolute Gasteiger partial charge is 0.251 e. The maximum absolute atomic E-state index is 12.2. The van der Waals surface area contributed by atoms with Gasteiger partial charge in [-0.3, -0.25) is 9.52 Å². The Hall–Kier alpha value is -2.54. The molecular weight excluding hydrogens is 352 g/mol. The molecule has 0 aromatic heterocycles. The van der Waals surface area contributed by atoms with E-state index in [1.54, 1.807) is 31.2 Å². The van der Waals surface area contributed by atoms with Gasteiger partial charge in [-0.05, 0) is 62.7 Å². The Bertz CT molecular complexity index is 829. The molecule has 0 fully saturated rings. The molecule has 0 heterocycles. The topological polar surface area (TPSA) is 84.5 Å². The Morgan fingerprint density at radius 3 is 2.19 bits per heavy atom. The van der Waals surface area contributed by atoms with Crippen LogP contribution >= 0.6 is 0 Å². The third-order valence-corrected chi connectivity index (χ3v) is 4.86. The van der Waals surface area contributed by atoms with Gasteiger partial charge in [0.1, 0.15) is 5.75 Å². The first-order valence-corrected chi connectivity index (χ1v) is 10.1. The number of sulfonamides is 1. The quantitative estimate of drug-likeness (QED) is 0.741. The first kappa shape index (κ1) is 19.8. The summed E-state index contributed by atoms with van der Waals surface area (Å²) in [6.45, 7) is 5.88. The molecule has 26 heavy (non-hydrogen) atoms. The molecule has 0 aliphatic heterocycles. The molecule has 1 amide bonds. The summed E-state index contributed by atoms with van der Waals surface area (Å²) < 4.78 is 31.1. The number of hydrogen-bond donors (Lipinski definition) is 2. The van der Waals surface area contributed by atoms with Crippen LogP contribution in [-0.4, -0.2) is 26.2 Å². The van der Waals surface area contributed by atoms with Gasteiger partial charge in [-0.25, -0.2) is 8.42 Å². The van der Waals surface area contributed by atoms with E-state index in [-0.39, 0.29) is 17.8 Å². The van der Waals surface area contributed by atoms with Gasteiger partial charge in [-0.15, -0.1) is 0 Å². The minimum absolute atomic E-state index is 0.00373. The number of ether oxygens (including phenoxy) is 1. The highest BCUT2D eigenvalue weighted by atomic mass is 32.2. The Balaban J connectivity index is 1.91. The van der Waals surface area contributed by atoms with E-state index in [1.807, 2.05) is 38.1 Å². The van der Waals surface area contributed by atoms with Gasteiger partial charge in [0.15, 0.2) is 0 Å². The minimum atomic E-state index is -3.32. The summed E-state index contributed by atoms with van der Waals surface area (Å²) in [7, 11) is -3.32. The van der Waals surface area contributed by atoms with Crippen molar-refractivity contribution < 1.29 is 17.9 Å². The number of nitrogens with one attached hydrogen (secondary N) is 2. The van der Waals surface area contributed by atoms with Crippen LogP contribution in [0, 0.1) is 0 Å². The van der Waals surface area contributed by atoms with Gasteiger partial charge in [-0.2, -0.15) is 0 Å². The van der Waals surface area contributed by atoms with Crippen LogP contribution in [-0.2, 0) is 16.6 Å². The van der Waals surface area contributed by atoms with Gasteiger partial charge in [0.2, 0.25) is 10.0 Å². The highest BCUT2D eigenvalue weighted by Gasteiger charge is 2.09. The molecule has 0 aliphatic rings. The van der Waals surface area contributed by atoms with E-state index >= 15 is 0 Å². The summed E-state index contributed by atoms with van der Waals surface area (Å²) in [5.74, 6) is 0.563. The Morgan fingerprint density at radius 2 is 1.65 bits per heavy atom. The molecule has 0 atom stereocenters. The fourth-order valence-electron chi connectivity index (χ4n) is 2.18. The van der Waals surface area contributed by atoms with Crippen LogP contribution < -0.4 is 14.8 Å². The zero-order chi connectivity index (χ0) is 19.2. The largest absolute Gasteiger partial charge is 0.491 e. The van der Waals surface area contributed by atoms with Gasteiger partial charge in [0.05, 0.1) is 11.9 Å². The number of amides is 1. The predicted octanol–water partition coefficient (Wildman–Crippen LogP) is 3.17. The summed E-state index contributed by atoms with van der Waals surface area (Å²) >= 11 is 0. The standard InChI is InChI=1S/C19H24N2O4S/c1-4-26(23,24)21-17-9-7-16(8-10-17)19(22)20-13-15-5-11-18(12-6-15)25-14(2)3/h5-12,14,21H,4,13H2,1-3H3,(H,20,22). The van der Waals surface area contributed by atoms with Crippen molar-refractivity contribution in [3.63, 3.8) is 0 Å². The zero-order valence-corrected chi connectivity index (χ0v) is 16.0. The third-order valence-electron chi connectivity index (χ3n) is 3.55. The molecule has 0 saturated carbocycles. The molecule has 2 aromatic rings. The second kappa shape index (κ2) is 8.71. The van der Waals surface area contributed by atoms with Gasteiger partial charge in [0, 0.05) is 17.8 Å². The maximum atomic E-state index is 12.2. The molecule has 0 unspecified atom stereocenters. The molecule has 0 radical (unpaired) electrons. The molecule has 2 aromatic carbocycles. The van der Waals surface area contributed by atoms with E-state index in [0.717, 1.165) is 11.3 Å². The molecule has 140 valence electrons. The van der Waals surface area contributed by atoms with Crippen LogP contribution in [0.4, 0.5) is 5.69 Å². The van der Waals surface area contributed by atoms with Gasteiger partial charge >= 0.3 is 0 Å². The average molecular weight is 376 g/mol. The van der Waals surface area contributed by atoms with E-state index in [9.17, 15) is 13.2 Å². The Morgan fingerprint density at radius 1 is 1.04 bits per heavy atom. The lowest BCUT2D eigenvalue weighted by molar-refractivity contribution is 0.0951. The van der Waals surface area contributed by atoms with Crippen LogP contribution in [0.2, 0.25) is 0 Å². The average Bonchev–Trinajstić information content (AvgIpc) is 2.61. The minimum Gasteiger partial charge on any atom is -0.491 e. The second-order valence-electron chi connectivity index (χ2n) is 6.08. The van der Waals surface area contributed by atoms with Crippen molar-refractivity contribution in [3.8, 4) is 5.75 Å². The summed E-state index contributed by atoms with van der Waals surface area (Å²) in [5, 5.41) is 2.84. The second-order valence-corrected chi connectivity index (χ2v) is 8.09. The number of benzene rings is 2. The number of hydrogen-bond acceptors (Lipinski definition) is 4. The Kier molecular flexibility index (Phi) is 6.63. The zero-order valence-electron chi connectivity index (χ0n) is 15.2. The van der Waals surface area contributed by atoms with E-state index in [2.05, 4.69) is 10.0 Å². The molecule has 0 spiro atoms. The fourth-order valence-corrected chi connectivity index (χ4v) is 2.82. The SMILES string of the molecule is CCS(=O)(=O)Nc1ccc(C(=O)NCc2ccc(OC(C)C)cc2)cc1. The highest BCUT2D eigenvalue weighted by Crippen LogP contribution is 2.14. The summed E-state index contributed by atoms with van der Waals surface area (Å²) in [5.41, 5.74) is 1.86. The summed E-state index contributed by atoms with van der Waals surface area (Å²) in [6, 6.07) is 13.9. The number of rotatable bonds is 8. The van der Waals surface area contributed by atoms with Crippen molar-refractivity contribution >= 4 is 21.6 Å². The summed E-state index contributed by atoms with van der Waals surface area (Å²) in [6.07, 6.45) is 0.116. The van der Waals surface area contributed by atoms with Crippen LogP contribution in [0.1, 0.15) is 36.7 Å². The van der Waals surface area contributed by atoms with Crippen molar-refractivity contribution in [2.75, 3.05) is 10.5 Å². The Labute approximate surface area is 154 Å². The lowest BCUT2D eigenvalue weighted by Gasteiger charge is -2.11. The molecule has 0 bridgehead atoms. The van der Waals surface area contributed by atoms with Gasteiger partial charge in [-0.1, -0.05) is 12.1 Å². The van der Waals surface area contributed by atoms with E-state index in [4.69, 9.17) is 4.74 Å². The van der Waals surface area contributed by atoms with E-state index in [0.29, 0.717) is 17.8 Å². The number of anilines is 1. The lowest BCUT2D eigenvalue weighted by Crippen LogP contribution is -2.22. The van der Waals surface area contributed by atoms with E-state index < -0.39 is 10.0 Å². The van der Waals surface area contributed by atoms with Crippen LogP contribution in [0.3, 0.4) is 0 Å². The first-order valence-electron chi connectivity index (χ1n) is 8.43. The van der Waals surface area contributed by atoms with Gasteiger partial charge < -0.3 is 10.1 Å². The summed E-state index contributed by atoms with van der Waals surface area (Å²) in [4.78, 5) is 12.2. The van der Waals surface area contributed by atoms with Crippen molar-refractivity contribution in [2.45, 2.75) is 33.4 Å². The van der Waals surface area contributed by atoms with Crippen LogP contribution in [0.15, 0.2) is 48.5 Å². The first-order chi connectivity index (χ1) is 12.3. The van der Waals surface area contributed by atoms with Crippen molar-refractivity contribution in [2.24, 2.45) is 0 Å². The lowest BCUT2D eigenvalue weighted by atomic mass is 10.1. The maximum Gasteiger partial charge on any atom is 0.251 e. The van der Waals surface area contributed by atoms with E-state index in [1.165, 1.54) is 0 Å². The predicted molar refractivity (Wildman–Crippen MR) is 103 cm³/mol. The van der Waals surface area contributed by atoms with Crippen LogP contribution in [0.5, 0.6) is 5.75 Å². The number of carbonyl (C=O) groups excluding carboxylic acids is 1. The monoisotopic (exact) mass is 376 g/mol. The molecule has 2 rings (SSSR count). The number of carbonyl (C=O) groups is 1. The highest BCUT2D eigenvalue weighted by molar-refractivity contribution is 7.92. The molecular formula is C19H24N2O4S. The molecule has 7 heteroatoms. The third kappa shape index (κ3) is 6.07. The molecule has 6 nitrogen and oxygen atoms in total. The molecule has 0 saturated heterocycles. The van der Waals surface area contributed by atoms with Crippen molar-refractivity contribution in [1.82, 2.24) is 5.32 Å². The molecule has 2 N–H and O–H groups in total. The van der Waals surface area contributed by atoms with Crippen LogP contribution in [0.25, 0.3) is 0 Å². The normalized spacial score (nSPS) is 11.2. The van der Waals surface area contributed by atoms with Crippen molar-refractivity contribution in [3.05, 3.63) is 59.7 Å².